The molecule has 0 spiro atoms. The summed E-state index contributed by atoms with van der Waals surface area (Å²) in [5.74, 6) is 0. The van der Waals surface area contributed by atoms with Gasteiger partial charge in [-0.1, -0.05) is 29.8 Å². The third-order valence-corrected chi connectivity index (χ3v) is 2.31. The molecule has 4 heteroatoms. The first kappa shape index (κ1) is 13.0. The van der Waals surface area contributed by atoms with Crippen LogP contribution in [0.2, 0.25) is 0 Å². The second kappa shape index (κ2) is 5.34. The van der Waals surface area contributed by atoms with Crippen molar-refractivity contribution >= 4 is 0 Å². The Morgan fingerprint density at radius 3 is 2.25 bits per heavy atom. The quantitative estimate of drug-likeness (QED) is 0.837. The predicted molar refractivity (Wildman–Crippen MR) is 58.2 cm³/mol. The van der Waals surface area contributed by atoms with E-state index >= 15 is 0 Å². The van der Waals surface area contributed by atoms with Gasteiger partial charge in [0.1, 0.15) is 0 Å². The Morgan fingerprint density at radius 2 is 1.75 bits per heavy atom. The maximum atomic E-state index is 12.0. The van der Waals surface area contributed by atoms with Crippen molar-refractivity contribution in [2.75, 3.05) is 0 Å². The summed E-state index contributed by atoms with van der Waals surface area (Å²) in [5, 5.41) is 2.85. The summed E-state index contributed by atoms with van der Waals surface area (Å²) in [4.78, 5) is 0. The number of alkyl halides is 3. The molecule has 0 fully saturated rings. The van der Waals surface area contributed by atoms with Crippen LogP contribution < -0.4 is 5.32 Å². The zero-order chi connectivity index (χ0) is 12.2. The average molecular weight is 231 g/mol. The van der Waals surface area contributed by atoms with Crippen LogP contribution >= 0.6 is 0 Å². The molecule has 1 unspecified atom stereocenters. The highest BCUT2D eigenvalue weighted by Gasteiger charge is 2.29. The lowest BCUT2D eigenvalue weighted by Crippen LogP contribution is -2.30. The number of hydrogen-bond acceptors (Lipinski definition) is 1. The molecule has 1 aromatic carbocycles. The highest BCUT2D eigenvalue weighted by atomic mass is 19.4. The molecule has 1 atom stereocenters. The van der Waals surface area contributed by atoms with Gasteiger partial charge in [-0.3, -0.25) is 0 Å². The largest absolute Gasteiger partial charge is 0.390 e. The summed E-state index contributed by atoms with van der Waals surface area (Å²) in [7, 11) is 0. The minimum absolute atomic E-state index is 0.470. The van der Waals surface area contributed by atoms with E-state index in [1.54, 1.807) is 6.92 Å². The number of hydrogen-bond donors (Lipinski definition) is 1. The highest BCUT2D eigenvalue weighted by molar-refractivity contribution is 5.21. The van der Waals surface area contributed by atoms with Crippen LogP contribution in [0.4, 0.5) is 13.2 Å². The number of rotatable bonds is 4. The van der Waals surface area contributed by atoms with Gasteiger partial charge in [-0.05, 0) is 19.4 Å². The lowest BCUT2D eigenvalue weighted by atomic mass is 10.1. The molecule has 0 bridgehead atoms. The number of nitrogens with one attached hydrogen (secondary N) is 1. The molecule has 1 nitrogen and oxygen atoms in total. The predicted octanol–water partition coefficient (Wildman–Crippen LogP) is 3.43. The van der Waals surface area contributed by atoms with Crippen LogP contribution in [-0.2, 0) is 6.54 Å². The van der Waals surface area contributed by atoms with Crippen molar-refractivity contribution in [2.24, 2.45) is 0 Å². The van der Waals surface area contributed by atoms with E-state index in [0.717, 1.165) is 11.1 Å². The summed E-state index contributed by atoms with van der Waals surface area (Å²) < 4.78 is 36.1. The van der Waals surface area contributed by atoms with Gasteiger partial charge >= 0.3 is 6.18 Å². The standard InChI is InChI=1S/C12H16F3N/c1-9-3-5-11(6-4-9)8-16-10(2)7-12(13,14)15/h3-6,10,16H,7-8H2,1-2H3. The fourth-order valence-electron chi connectivity index (χ4n) is 1.42. The maximum absolute atomic E-state index is 12.0. The van der Waals surface area contributed by atoms with E-state index in [4.69, 9.17) is 0 Å². The van der Waals surface area contributed by atoms with Crippen LogP contribution in [0.25, 0.3) is 0 Å². The Hall–Kier alpha value is -1.03. The van der Waals surface area contributed by atoms with E-state index in [1.165, 1.54) is 0 Å². The van der Waals surface area contributed by atoms with E-state index in [9.17, 15) is 13.2 Å². The van der Waals surface area contributed by atoms with Gasteiger partial charge < -0.3 is 5.32 Å². The molecule has 0 aliphatic rings. The first-order valence-corrected chi connectivity index (χ1v) is 5.22. The molecule has 1 rings (SSSR count). The molecule has 1 N–H and O–H groups in total. The molecule has 90 valence electrons. The lowest BCUT2D eigenvalue weighted by Gasteiger charge is -2.15. The molecule has 0 aromatic heterocycles. The van der Waals surface area contributed by atoms with Crippen LogP contribution in [0, 0.1) is 6.92 Å². The topological polar surface area (TPSA) is 12.0 Å². The van der Waals surface area contributed by atoms with Crippen molar-refractivity contribution in [1.82, 2.24) is 5.32 Å². The smallest absolute Gasteiger partial charge is 0.310 e. The minimum atomic E-state index is -4.10. The fourth-order valence-corrected chi connectivity index (χ4v) is 1.42. The third kappa shape index (κ3) is 5.16. The monoisotopic (exact) mass is 231 g/mol. The van der Waals surface area contributed by atoms with Crippen molar-refractivity contribution in [3.63, 3.8) is 0 Å². The average Bonchev–Trinajstić information content (AvgIpc) is 2.14. The Bertz CT molecular complexity index is 316. The van der Waals surface area contributed by atoms with Crippen molar-refractivity contribution in [3.05, 3.63) is 35.4 Å². The second-order valence-corrected chi connectivity index (χ2v) is 4.09. The summed E-state index contributed by atoms with van der Waals surface area (Å²) in [6, 6.07) is 7.18. The van der Waals surface area contributed by atoms with E-state index in [-0.39, 0.29) is 0 Å². The minimum Gasteiger partial charge on any atom is -0.310 e. The fraction of sp³-hybridized carbons (Fsp3) is 0.500. The van der Waals surface area contributed by atoms with E-state index in [1.807, 2.05) is 31.2 Å². The highest BCUT2D eigenvalue weighted by Crippen LogP contribution is 2.21. The van der Waals surface area contributed by atoms with E-state index in [0.29, 0.717) is 6.54 Å². The maximum Gasteiger partial charge on any atom is 0.390 e. The third-order valence-electron chi connectivity index (χ3n) is 2.31. The lowest BCUT2D eigenvalue weighted by molar-refractivity contribution is -0.139. The van der Waals surface area contributed by atoms with Gasteiger partial charge in [0.05, 0.1) is 6.42 Å². The molecular formula is C12H16F3N. The van der Waals surface area contributed by atoms with Crippen LogP contribution in [-0.4, -0.2) is 12.2 Å². The van der Waals surface area contributed by atoms with Gasteiger partial charge in [0.15, 0.2) is 0 Å². The molecule has 0 radical (unpaired) electrons. The van der Waals surface area contributed by atoms with Crippen LogP contribution in [0.15, 0.2) is 24.3 Å². The summed E-state index contributed by atoms with van der Waals surface area (Å²) in [6.45, 7) is 3.99. The molecule has 16 heavy (non-hydrogen) atoms. The summed E-state index contributed by atoms with van der Waals surface area (Å²) in [5.41, 5.74) is 2.15. The number of aryl methyl sites for hydroxylation is 1. The van der Waals surface area contributed by atoms with Crippen molar-refractivity contribution in [2.45, 2.75) is 39.0 Å². The molecule has 0 amide bonds. The molecule has 0 aliphatic carbocycles. The first-order valence-electron chi connectivity index (χ1n) is 5.22. The van der Waals surface area contributed by atoms with Gasteiger partial charge in [-0.25, -0.2) is 0 Å². The van der Waals surface area contributed by atoms with Crippen LogP contribution in [0.5, 0.6) is 0 Å². The zero-order valence-corrected chi connectivity index (χ0v) is 9.43. The van der Waals surface area contributed by atoms with Gasteiger partial charge in [-0.15, -0.1) is 0 Å². The zero-order valence-electron chi connectivity index (χ0n) is 9.43. The number of halogens is 3. The Kier molecular flexibility index (Phi) is 4.35. The SMILES string of the molecule is Cc1ccc(CNC(C)CC(F)(F)F)cc1. The second-order valence-electron chi connectivity index (χ2n) is 4.09. The Morgan fingerprint density at radius 1 is 1.19 bits per heavy atom. The van der Waals surface area contributed by atoms with Crippen molar-refractivity contribution < 1.29 is 13.2 Å². The van der Waals surface area contributed by atoms with E-state index in [2.05, 4.69) is 5.32 Å². The molecule has 1 aromatic rings. The van der Waals surface area contributed by atoms with Gasteiger partial charge in [0.25, 0.3) is 0 Å². The van der Waals surface area contributed by atoms with Crippen molar-refractivity contribution in [3.8, 4) is 0 Å². The molecular weight excluding hydrogens is 215 g/mol. The normalized spacial score (nSPS) is 13.8. The molecule has 0 heterocycles. The number of benzene rings is 1. The van der Waals surface area contributed by atoms with Gasteiger partial charge in [0.2, 0.25) is 0 Å². The summed E-state index contributed by atoms with van der Waals surface area (Å²) >= 11 is 0. The van der Waals surface area contributed by atoms with Crippen LogP contribution in [0.3, 0.4) is 0 Å². The van der Waals surface area contributed by atoms with Gasteiger partial charge in [0, 0.05) is 12.6 Å². The first-order chi connectivity index (χ1) is 7.37. The van der Waals surface area contributed by atoms with Crippen molar-refractivity contribution in [1.29, 1.82) is 0 Å². The Labute approximate surface area is 93.7 Å². The van der Waals surface area contributed by atoms with E-state index < -0.39 is 18.6 Å². The molecule has 0 saturated heterocycles. The Balaban J connectivity index is 2.37. The summed E-state index contributed by atoms with van der Waals surface area (Å²) in [6.07, 6.45) is -4.89. The molecule has 0 saturated carbocycles. The molecule has 0 aliphatic heterocycles. The van der Waals surface area contributed by atoms with Gasteiger partial charge in [-0.2, -0.15) is 13.2 Å². The van der Waals surface area contributed by atoms with Crippen LogP contribution in [0.1, 0.15) is 24.5 Å².